The molecule has 2 N–H and O–H groups in total. The average molecular weight is 348 g/mol. The maximum absolute atomic E-state index is 14.0. The summed E-state index contributed by atoms with van der Waals surface area (Å²) in [7, 11) is -3.74. The van der Waals surface area contributed by atoms with E-state index in [0.717, 1.165) is 29.4 Å². The summed E-state index contributed by atoms with van der Waals surface area (Å²) in [5.74, 6) is -3.23. The Balaban J connectivity index is 2.24. The van der Waals surface area contributed by atoms with Crippen molar-refractivity contribution in [3.8, 4) is 0 Å². The number of carboxylic acids is 1. The fourth-order valence-electron chi connectivity index (χ4n) is 2.24. The zero-order valence-electron chi connectivity index (χ0n) is 12.0. The molecule has 126 valence electrons. The van der Waals surface area contributed by atoms with Crippen LogP contribution in [0.5, 0.6) is 0 Å². The second kappa shape index (κ2) is 5.76. The lowest BCUT2D eigenvalue weighted by atomic mass is 10.1. The first-order valence-corrected chi connectivity index (χ1v) is 8.40. The van der Waals surface area contributed by atoms with Crippen LogP contribution < -0.4 is 4.72 Å². The highest BCUT2D eigenvalue weighted by Crippen LogP contribution is 2.28. The highest BCUT2D eigenvalue weighted by atomic mass is 32.2. The van der Waals surface area contributed by atoms with E-state index in [0.29, 0.717) is 0 Å². The Hall–Kier alpha value is -2.23. The number of nitrogens with one attached hydrogen (secondary N) is 1. The van der Waals surface area contributed by atoms with Crippen molar-refractivity contribution in [2.24, 2.45) is 0 Å². The number of carbonyl (C=O) groups excluding carboxylic acids is 1. The number of likely N-dealkylation sites (tertiary alicyclic amines) is 1. The molecule has 0 aliphatic carbocycles. The molecule has 1 fully saturated rings. The summed E-state index contributed by atoms with van der Waals surface area (Å²) in [5, 5.41) is 8.81. The number of sulfonamides is 1. The Morgan fingerprint density at radius 2 is 2.04 bits per heavy atom. The fourth-order valence-corrected chi connectivity index (χ4v) is 2.80. The van der Waals surface area contributed by atoms with Crippen LogP contribution in [-0.4, -0.2) is 55.3 Å². The molecule has 1 aliphatic rings. The summed E-state index contributed by atoms with van der Waals surface area (Å²) < 4.78 is 51.8. The summed E-state index contributed by atoms with van der Waals surface area (Å²) in [6.45, 7) is -0.721. The van der Waals surface area contributed by atoms with Crippen molar-refractivity contribution < 1.29 is 31.9 Å². The van der Waals surface area contributed by atoms with E-state index in [-0.39, 0.29) is 18.5 Å². The molecule has 2 rings (SSSR count). The van der Waals surface area contributed by atoms with Crippen molar-refractivity contribution >= 4 is 27.6 Å². The van der Waals surface area contributed by atoms with Crippen LogP contribution in [0, 0.1) is 5.82 Å². The molecular weight excluding hydrogens is 334 g/mol. The van der Waals surface area contributed by atoms with Crippen LogP contribution in [0.25, 0.3) is 0 Å². The van der Waals surface area contributed by atoms with Gasteiger partial charge in [-0.2, -0.15) is 0 Å². The van der Waals surface area contributed by atoms with Gasteiger partial charge in [-0.1, -0.05) is 0 Å². The van der Waals surface area contributed by atoms with Crippen molar-refractivity contribution in [1.82, 2.24) is 4.90 Å². The molecule has 23 heavy (non-hydrogen) atoms. The average Bonchev–Trinajstić information content (AvgIpc) is 2.83. The topological polar surface area (TPSA) is 104 Å². The maximum atomic E-state index is 14.0. The highest BCUT2D eigenvalue weighted by molar-refractivity contribution is 7.92. The smallest absolute Gasteiger partial charge is 0.343 e. The summed E-state index contributed by atoms with van der Waals surface area (Å²) in [6, 6.07) is 3.00. The predicted molar refractivity (Wildman–Crippen MR) is 76.9 cm³/mol. The van der Waals surface area contributed by atoms with Crippen LogP contribution in [0.15, 0.2) is 18.2 Å². The molecule has 1 aromatic rings. The summed E-state index contributed by atoms with van der Waals surface area (Å²) in [6.07, 6.45) is 0.482. The molecule has 1 amide bonds. The molecule has 1 atom stereocenters. The quantitative estimate of drug-likeness (QED) is 0.839. The number of carboxylic acid groups (broad SMARTS) is 1. The lowest BCUT2D eigenvalue weighted by Gasteiger charge is -2.18. The van der Waals surface area contributed by atoms with Gasteiger partial charge in [0, 0.05) is 18.5 Å². The zero-order valence-corrected chi connectivity index (χ0v) is 12.9. The molecule has 0 bridgehead atoms. The van der Waals surface area contributed by atoms with Crippen molar-refractivity contribution in [1.29, 1.82) is 0 Å². The van der Waals surface area contributed by atoms with Gasteiger partial charge in [-0.25, -0.2) is 22.0 Å². The van der Waals surface area contributed by atoms with E-state index >= 15 is 0 Å². The largest absolute Gasteiger partial charge is 0.479 e. The molecule has 0 spiro atoms. The lowest BCUT2D eigenvalue weighted by Crippen LogP contribution is -2.38. The molecular formula is C13H14F2N2O5S. The number of rotatable bonds is 4. The highest BCUT2D eigenvalue weighted by Gasteiger charge is 2.47. The van der Waals surface area contributed by atoms with Crippen LogP contribution in [0.1, 0.15) is 16.8 Å². The summed E-state index contributed by atoms with van der Waals surface area (Å²) in [4.78, 5) is 24.1. The van der Waals surface area contributed by atoms with Crippen LogP contribution in [0.4, 0.5) is 14.5 Å². The molecule has 0 saturated carbocycles. The predicted octanol–water partition coefficient (Wildman–Crippen LogP) is 0.836. The van der Waals surface area contributed by atoms with Gasteiger partial charge >= 0.3 is 5.97 Å². The van der Waals surface area contributed by atoms with Crippen LogP contribution in [0.3, 0.4) is 0 Å². The Bertz CT molecular complexity index is 768. The SMILES string of the molecule is CS(=O)(=O)Nc1cc(C(=O)N2CCC(F)(C(=O)O)C2)ccc1F. The zero-order chi connectivity index (χ0) is 17.4. The van der Waals surface area contributed by atoms with Crippen molar-refractivity contribution in [2.75, 3.05) is 24.1 Å². The number of hydrogen-bond donors (Lipinski definition) is 2. The second-order valence-electron chi connectivity index (χ2n) is 5.32. The number of anilines is 1. The number of amides is 1. The number of carbonyl (C=O) groups is 2. The van der Waals surface area contributed by atoms with Gasteiger partial charge in [0.25, 0.3) is 5.91 Å². The van der Waals surface area contributed by atoms with E-state index < -0.39 is 45.6 Å². The van der Waals surface area contributed by atoms with Crippen molar-refractivity contribution in [3.63, 3.8) is 0 Å². The molecule has 0 aromatic heterocycles. The Morgan fingerprint density at radius 3 is 2.57 bits per heavy atom. The van der Waals surface area contributed by atoms with Gasteiger partial charge in [0.2, 0.25) is 15.7 Å². The molecule has 0 radical (unpaired) electrons. The van der Waals surface area contributed by atoms with Gasteiger partial charge in [0.1, 0.15) is 5.82 Å². The minimum atomic E-state index is -3.74. The van der Waals surface area contributed by atoms with Gasteiger partial charge in [-0.05, 0) is 18.2 Å². The number of halogens is 2. The first-order valence-electron chi connectivity index (χ1n) is 6.51. The third-order valence-electron chi connectivity index (χ3n) is 3.40. The van der Waals surface area contributed by atoms with Gasteiger partial charge in [0.15, 0.2) is 0 Å². The molecule has 1 unspecified atom stereocenters. The second-order valence-corrected chi connectivity index (χ2v) is 7.06. The summed E-state index contributed by atoms with van der Waals surface area (Å²) >= 11 is 0. The van der Waals surface area contributed by atoms with Crippen LogP contribution >= 0.6 is 0 Å². The van der Waals surface area contributed by atoms with Gasteiger partial charge in [-0.15, -0.1) is 0 Å². The van der Waals surface area contributed by atoms with Gasteiger partial charge < -0.3 is 10.0 Å². The monoisotopic (exact) mass is 348 g/mol. The van der Waals surface area contributed by atoms with Gasteiger partial charge in [0.05, 0.1) is 18.5 Å². The fraction of sp³-hybridized carbons (Fsp3) is 0.385. The number of alkyl halides is 1. The van der Waals surface area contributed by atoms with E-state index in [1.54, 1.807) is 0 Å². The third kappa shape index (κ3) is 3.76. The number of aliphatic carboxylic acids is 1. The molecule has 1 aliphatic heterocycles. The minimum Gasteiger partial charge on any atom is -0.479 e. The van der Waals surface area contributed by atoms with E-state index in [2.05, 4.69) is 0 Å². The Labute approximate surface area is 130 Å². The number of nitrogens with zero attached hydrogens (tertiary/aromatic N) is 1. The Kier molecular flexibility index (Phi) is 4.29. The van der Waals surface area contributed by atoms with Crippen molar-refractivity contribution in [2.45, 2.75) is 12.1 Å². The van der Waals surface area contributed by atoms with E-state index in [1.807, 2.05) is 4.72 Å². The van der Waals surface area contributed by atoms with Crippen LogP contribution in [0.2, 0.25) is 0 Å². The molecule has 1 saturated heterocycles. The van der Waals surface area contributed by atoms with E-state index in [4.69, 9.17) is 5.11 Å². The standard InChI is InChI=1S/C13H14F2N2O5S/c1-23(21,22)16-10-6-8(2-3-9(10)14)11(18)17-5-4-13(15,7-17)12(19)20/h2-3,6,16H,4-5,7H2,1H3,(H,19,20). The summed E-state index contributed by atoms with van der Waals surface area (Å²) in [5.41, 5.74) is -3.00. The van der Waals surface area contributed by atoms with Crippen LogP contribution in [-0.2, 0) is 14.8 Å². The maximum Gasteiger partial charge on any atom is 0.343 e. The normalized spacial score (nSPS) is 21.3. The lowest BCUT2D eigenvalue weighted by molar-refractivity contribution is -0.149. The first kappa shape index (κ1) is 17.1. The van der Waals surface area contributed by atoms with E-state index in [9.17, 15) is 26.8 Å². The third-order valence-corrected chi connectivity index (χ3v) is 3.99. The van der Waals surface area contributed by atoms with Gasteiger partial charge in [-0.3, -0.25) is 9.52 Å². The molecule has 1 aromatic carbocycles. The number of hydrogen-bond acceptors (Lipinski definition) is 4. The molecule has 1 heterocycles. The minimum absolute atomic E-state index is 0.0767. The van der Waals surface area contributed by atoms with E-state index in [1.165, 1.54) is 0 Å². The van der Waals surface area contributed by atoms with Crippen molar-refractivity contribution in [3.05, 3.63) is 29.6 Å². The number of benzene rings is 1. The first-order chi connectivity index (χ1) is 10.5. The molecule has 7 nitrogen and oxygen atoms in total. The Morgan fingerprint density at radius 1 is 1.39 bits per heavy atom. The molecule has 10 heteroatoms.